The van der Waals surface area contributed by atoms with E-state index in [1.54, 1.807) is 12.1 Å². The van der Waals surface area contributed by atoms with Crippen molar-refractivity contribution in [2.24, 2.45) is 0 Å². The summed E-state index contributed by atoms with van der Waals surface area (Å²) in [6, 6.07) is 6.91. The van der Waals surface area contributed by atoms with Crippen molar-refractivity contribution in [2.45, 2.75) is 0 Å². The van der Waals surface area contributed by atoms with E-state index in [0.29, 0.717) is 22.8 Å². The van der Waals surface area contributed by atoms with Crippen LogP contribution in [0.2, 0.25) is 0 Å². The Hall–Kier alpha value is -3.88. The molecular formula is C20H17FN2O6. The van der Waals surface area contributed by atoms with Gasteiger partial charge in [-0.15, -0.1) is 0 Å². The number of benzene rings is 2. The number of nitrogens with zero attached hydrogens (tertiary/aromatic N) is 1. The molecular weight excluding hydrogens is 383 g/mol. The second-order valence-corrected chi connectivity index (χ2v) is 5.88. The van der Waals surface area contributed by atoms with Crippen LogP contribution in [0.3, 0.4) is 0 Å². The monoisotopic (exact) mass is 400 g/mol. The number of carbonyl (C=O) groups excluding carboxylic acids is 3. The van der Waals surface area contributed by atoms with Gasteiger partial charge in [-0.25, -0.2) is 14.1 Å². The van der Waals surface area contributed by atoms with Crippen LogP contribution in [0.1, 0.15) is 5.56 Å². The third-order valence-corrected chi connectivity index (χ3v) is 4.23. The standard InChI is InChI=1S/C20H17FN2O6/c1-27-13-8-16(28-2)14(17(9-13)29-3)10-15-18(24)22-20(26)23(19(15)25)12-6-4-11(21)5-7-12/h4-10H,1-3H3,(H,22,24,26)/b15-10+. The van der Waals surface area contributed by atoms with Crippen molar-refractivity contribution in [3.05, 3.63) is 53.4 Å². The predicted octanol–water partition coefficient (Wildman–Crippen LogP) is 2.52. The van der Waals surface area contributed by atoms with Gasteiger partial charge in [0.1, 0.15) is 28.6 Å². The molecule has 1 N–H and O–H groups in total. The summed E-state index contributed by atoms with van der Waals surface area (Å²) in [5.41, 5.74) is 0.0966. The summed E-state index contributed by atoms with van der Waals surface area (Å²) < 4.78 is 29.0. The summed E-state index contributed by atoms with van der Waals surface area (Å²) in [4.78, 5) is 38.3. The smallest absolute Gasteiger partial charge is 0.335 e. The van der Waals surface area contributed by atoms with Gasteiger partial charge in [0.25, 0.3) is 11.8 Å². The molecule has 1 heterocycles. The van der Waals surface area contributed by atoms with Crippen LogP contribution in [0.4, 0.5) is 14.9 Å². The molecule has 0 aromatic heterocycles. The van der Waals surface area contributed by atoms with Crippen molar-refractivity contribution >= 4 is 29.6 Å². The minimum Gasteiger partial charge on any atom is -0.496 e. The average molecular weight is 400 g/mol. The Balaban J connectivity index is 2.11. The molecule has 150 valence electrons. The van der Waals surface area contributed by atoms with Crippen molar-refractivity contribution < 1.29 is 33.0 Å². The Kier molecular flexibility index (Phi) is 5.49. The number of hydrogen-bond donors (Lipinski definition) is 1. The summed E-state index contributed by atoms with van der Waals surface area (Å²) in [6.45, 7) is 0. The molecule has 0 atom stereocenters. The molecule has 4 amide bonds. The third kappa shape index (κ3) is 3.75. The van der Waals surface area contributed by atoms with Gasteiger partial charge in [0, 0.05) is 12.1 Å². The average Bonchev–Trinajstić information content (AvgIpc) is 2.71. The molecule has 2 aromatic rings. The topological polar surface area (TPSA) is 94.2 Å². The highest BCUT2D eigenvalue weighted by atomic mass is 19.1. The number of ether oxygens (including phenoxy) is 3. The lowest BCUT2D eigenvalue weighted by Crippen LogP contribution is -2.54. The van der Waals surface area contributed by atoms with Crippen LogP contribution in [0, 0.1) is 5.82 Å². The number of barbiturate groups is 1. The summed E-state index contributed by atoms with van der Waals surface area (Å²) in [5, 5.41) is 2.10. The van der Waals surface area contributed by atoms with Gasteiger partial charge >= 0.3 is 6.03 Å². The summed E-state index contributed by atoms with van der Waals surface area (Å²) in [7, 11) is 4.29. The Labute approximate surface area is 165 Å². The van der Waals surface area contributed by atoms with E-state index in [2.05, 4.69) is 5.32 Å². The summed E-state index contributed by atoms with van der Waals surface area (Å²) in [5.74, 6) is -1.25. The van der Waals surface area contributed by atoms with E-state index in [1.165, 1.54) is 39.5 Å². The molecule has 0 spiro atoms. The first-order valence-corrected chi connectivity index (χ1v) is 8.36. The Morgan fingerprint density at radius 2 is 1.52 bits per heavy atom. The third-order valence-electron chi connectivity index (χ3n) is 4.23. The van der Waals surface area contributed by atoms with E-state index in [0.717, 1.165) is 17.0 Å². The number of carbonyl (C=O) groups is 3. The van der Waals surface area contributed by atoms with Crippen LogP contribution in [-0.4, -0.2) is 39.2 Å². The molecule has 1 aliphatic heterocycles. The maximum Gasteiger partial charge on any atom is 0.335 e. The fourth-order valence-corrected chi connectivity index (χ4v) is 2.80. The first-order chi connectivity index (χ1) is 13.9. The van der Waals surface area contributed by atoms with Gasteiger partial charge in [-0.2, -0.15) is 0 Å². The zero-order valence-electron chi connectivity index (χ0n) is 15.8. The molecule has 1 aliphatic rings. The van der Waals surface area contributed by atoms with E-state index in [-0.39, 0.29) is 11.3 Å². The molecule has 0 unspecified atom stereocenters. The van der Waals surface area contributed by atoms with Gasteiger partial charge in [0.2, 0.25) is 0 Å². The predicted molar refractivity (Wildman–Crippen MR) is 101 cm³/mol. The Morgan fingerprint density at radius 1 is 0.931 bits per heavy atom. The minimum absolute atomic E-state index is 0.112. The van der Waals surface area contributed by atoms with Crippen LogP contribution in [-0.2, 0) is 9.59 Å². The largest absolute Gasteiger partial charge is 0.496 e. The number of anilines is 1. The number of hydrogen-bond acceptors (Lipinski definition) is 6. The Morgan fingerprint density at radius 3 is 2.03 bits per heavy atom. The van der Waals surface area contributed by atoms with Crippen LogP contribution < -0.4 is 24.4 Å². The molecule has 29 heavy (non-hydrogen) atoms. The molecule has 1 fully saturated rings. The van der Waals surface area contributed by atoms with Gasteiger partial charge in [-0.3, -0.25) is 14.9 Å². The molecule has 3 rings (SSSR count). The van der Waals surface area contributed by atoms with Crippen molar-refractivity contribution in [3.63, 3.8) is 0 Å². The minimum atomic E-state index is -0.933. The quantitative estimate of drug-likeness (QED) is 0.612. The molecule has 1 saturated heterocycles. The molecule has 9 heteroatoms. The van der Waals surface area contributed by atoms with E-state index in [9.17, 15) is 18.8 Å². The molecule has 0 bridgehead atoms. The number of halogens is 1. The van der Waals surface area contributed by atoms with Crippen molar-refractivity contribution in [2.75, 3.05) is 26.2 Å². The highest BCUT2D eigenvalue weighted by Gasteiger charge is 2.37. The normalized spacial score (nSPS) is 15.4. The van der Waals surface area contributed by atoms with Crippen molar-refractivity contribution in [1.82, 2.24) is 5.32 Å². The van der Waals surface area contributed by atoms with Crippen LogP contribution in [0.15, 0.2) is 42.0 Å². The molecule has 0 saturated carbocycles. The fraction of sp³-hybridized carbons (Fsp3) is 0.150. The molecule has 0 radical (unpaired) electrons. The first-order valence-electron chi connectivity index (χ1n) is 8.36. The number of nitrogens with one attached hydrogen (secondary N) is 1. The number of methoxy groups -OCH3 is 3. The SMILES string of the molecule is COc1cc(OC)c(/C=C2\C(=O)NC(=O)N(c3ccc(F)cc3)C2=O)c(OC)c1. The van der Waals surface area contributed by atoms with E-state index >= 15 is 0 Å². The lowest BCUT2D eigenvalue weighted by Gasteiger charge is -2.26. The summed E-state index contributed by atoms with van der Waals surface area (Å²) >= 11 is 0. The first kappa shape index (κ1) is 19.9. The summed E-state index contributed by atoms with van der Waals surface area (Å²) in [6.07, 6.45) is 1.26. The molecule has 0 aliphatic carbocycles. The number of urea groups is 1. The van der Waals surface area contributed by atoms with Crippen LogP contribution in [0.5, 0.6) is 17.2 Å². The van der Waals surface area contributed by atoms with Crippen LogP contribution in [0.25, 0.3) is 6.08 Å². The number of imide groups is 2. The second-order valence-electron chi connectivity index (χ2n) is 5.88. The van der Waals surface area contributed by atoms with Gasteiger partial charge in [-0.1, -0.05) is 0 Å². The number of amides is 4. The fourth-order valence-electron chi connectivity index (χ4n) is 2.80. The maximum atomic E-state index is 13.2. The van der Waals surface area contributed by atoms with Crippen molar-refractivity contribution in [3.8, 4) is 17.2 Å². The highest BCUT2D eigenvalue weighted by molar-refractivity contribution is 6.39. The lowest BCUT2D eigenvalue weighted by atomic mass is 10.0. The highest BCUT2D eigenvalue weighted by Crippen LogP contribution is 2.36. The van der Waals surface area contributed by atoms with E-state index in [4.69, 9.17) is 14.2 Å². The zero-order valence-corrected chi connectivity index (χ0v) is 15.8. The van der Waals surface area contributed by atoms with Gasteiger partial charge in [0.05, 0.1) is 32.6 Å². The van der Waals surface area contributed by atoms with Gasteiger partial charge in [-0.05, 0) is 30.3 Å². The molecule has 2 aromatic carbocycles. The van der Waals surface area contributed by atoms with Gasteiger partial charge < -0.3 is 14.2 Å². The van der Waals surface area contributed by atoms with E-state index in [1.807, 2.05) is 0 Å². The van der Waals surface area contributed by atoms with E-state index < -0.39 is 23.7 Å². The second kappa shape index (κ2) is 8.01. The van der Waals surface area contributed by atoms with Crippen LogP contribution >= 0.6 is 0 Å². The zero-order chi connectivity index (χ0) is 21.1. The van der Waals surface area contributed by atoms with Crippen molar-refractivity contribution in [1.29, 1.82) is 0 Å². The maximum absolute atomic E-state index is 13.2. The van der Waals surface area contributed by atoms with Gasteiger partial charge in [0.15, 0.2) is 0 Å². The lowest BCUT2D eigenvalue weighted by molar-refractivity contribution is -0.122. The Bertz CT molecular complexity index is 991. The molecule has 8 nitrogen and oxygen atoms in total. The number of rotatable bonds is 5.